The molecule has 1 saturated heterocycles. The number of carbonyl (C=O) groups excluding carboxylic acids is 2. The van der Waals surface area contributed by atoms with Gasteiger partial charge in [-0.15, -0.1) is 0 Å². The molecule has 29 heavy (non-hydrogen) atoms. The van der Waals surface area contributed by atoms with Crippen molar-refractivity contribution < 1.29 is 18.7 Å². The Labute approximate surface area is 170 Å². The summed E-state index contributed by atoms with van der Waals surface area (Å²) in [5.41, 5.74) is 0.928. The van der Waals surface area contributed by atoms with Crippen LogP contribution in [0.25, 0.3) is 11.3 Å². The van der Waals surface area contributed by atoms with Gasteiger partial charge in [0.25, 0.3) is 0 Å². The highest BCUT2D eigenvalue weighted by Crippen LogP contribution is 2.21. The number of carbonyl (C=O) groups is 2. The van der Waals surface area contributed by atoms with Gasteiger partial charge in [-0.2, -0.15) is 0 Å². The molecule has 2 heterocycles. The van der Waals surface area contributed by atoms with Gasteiger partial charge in [0.05, 0.1) is 12.0 Å². The van der Waals surface area contributed by atoms with E-state index in [0.717, 1.165) is 5.56 Å². The molecule has 1 aromatic heterocycles. The molecule has 0 radical (unpaired) electrons. The molecular weight excluding hydrogens is 375 g/mol. The summed E-state index contributed by atoms with van der Waals surface area (Å²) in [4.78, 5) is 32.8. The summed E-state index contributed by atoms with van der Waals surface area (Å²) in [5, 5.41) is 0. The van der Waals surface area contributed by atoms with Crippen molar-refractivity contribution in [1.29, 1.82) is 0 Å². The molecule has 1 aliphatic heterocycles. The van der Waals surface area contributed by atoms with Gasteiger partial charge in [0.15, 0.2) is 0 Å². The number of nitrogens with zero attached hydrogens (tertiary/aromatic N) is 4. The maximum Gasteiger partial charge on any atom is 0.410 e. The molecule has 7 nitrogen and oxygen atoms in total. The molecule has 1 atom stereocenters. The van der Waals surface area contributed by atoms with Gasteiger partial charge in [-0.3, -0.25) is 4.79 Å². The van der Waals surface area contributed by atoms with Crippen LogP contribution in [0.1, 0.15) is 33.7 Å². The highest BCUT2D eigenvalue weighted by atomic mass is 19.1. The summed E-state index contributed by atoms with van der Waals surface area (Å²) in [7, 11) is 0. The van der Waals surface area contributed by atoms with Crippen molar-refractivity contribution >= 4 is 12.0 Å². The van der Waals surface area contributed by atoms with Gasteiger partial charge >= 0.3 is 6.09 Å². The average molecular weight is 402 g/mol. The van der Waals surface area contributed by atoms with Gasteiger partial charge in [0.2, 0.25) is 5.91 Å². The second-order valence-corrected chi connectivity index (χ2v) is 8.18. The van der Waals surface area contributed by atoms with Crippen molar-refractivity contribution in [3.05, 3.63) is 42.6 Å². The van der Waals surface area contributed by atoms with E-state index in [1.807, 2.05) is 27.7 Å². The van der Waals surface area contributed by atoms with E-state index < -0.39 is 11.6 Å². The lowest BCUT2D eigenvalue weighted by Crippen LogP contribution is -2.52. The Morgan fingerprint density at radius 3 is 2.24 bits per heavy atom. The van der Waals surface area contributed by atoms with Crippen LogP contribution in [0.15, 0.2) is 36.8 Å². The number of imidazole rings is 1. The fourth-order valence-electron chi connectivity index (χ4n) is 3.15. The van der Waals surface area contributed by atoms with Gasteiger partial charge in [-0.1, -0.05) is 0 Å². The number of hydrogen-bond acceptors (Lipinski definition) is 4. The highest BCUT2D eigenvalue weighted by molar-refractivity contribution is 5.80. The van der Waals surface area contributed by atoms with Crippen molar-refractivity contribution in [2.24, 2.45) is 0 Å². The molecule has 1 unspecified atom stereocenters. The fraction of sp³-hybridized carbons (Fsp3) is 0.476. The third-order valence-corrected chi connectivity index (χ3v) is 4.79. The molecule has 1 fully saturated rings. The summed E-state index contributed by atoms with van der Waals surface area (Å²) in [5.74, 6) is -0.334. The first-order chi connectivity index (χ1) is 13.6. The number of ether oxygens (including phenoxy) is 1. The minimum Gasteiger partial charge on any atom is -0.444 e. The summed E-state index contributed by atoms with van der Waals surface area (Å²) in [6.07, 6.45) is 3.04. The lowest BCUT2D eigenvalue weighted by molar-refractivity contribution is -0.136. The zero-order valence-corrected chi connectivity index (χ0v) is 17.3. The molecular formula is C21H27FN4O3. The van der Waals surface area contributed by atoms with Gasteiger partial charge < -0.3 is 19.1 Å². The number of halogens is 1. The van der Waals surface area contributed by atoms with Gasteiger partial charge in [-0.25, -0.2) is 14.2 Å². The topological polar surface area (TPSA) is 67.7 Å². The molecule has 1 aromatic carbocycles. The van der Waals surface area contributed by atoms with Crippen LogP contribution in [-0.4, -0.2) is 63.1 Å². The maximum absolute atomic E-state index is 13.1. The average Bonchev–Trinajstić information content (AvgIpc) is 3.16. The summed E-state index contributed by atoms with van der Waals surface area (Å²) < 4.78 is 20.2. The smallest absolute Gasteiger partial charge is 0.410 e. The van der Waals surface area contributed by atoms with E-state index in [-0.39, 0.29) is 17.8 Å². The molecule has 0 N–H and O–H groups in total. The van der Waals surface area contributed by atoms with Crippen molar-refractivity contribution in [1.82, 2.24) is 19.4 Å². The number of amides is 2. The van der Waals surface area contributed by atoms with E-state index in [0.29, 0.717) is 31.9 Å². The van der Waals surface area contributed by atoms with Gasteiger partial charge in [0, 0.05) is 37.9 Å². The number of benzene rings is 1. The molecule has 2 aromatic rings. The molecule has 156 valence electrons. The number of aromatic nitrogens is 2. The largest absolute Gasteiger partial charge is 0.444 e. The highest BCUT2D eigenvalue weighted by Gasteiger charge is 2.30. The molecule has 8 heteroatoms. The normalized spacial score (nSPS) is 15.9. The SMILES string of the molecule is CC(C(=O)N1CCN(C(=O)OC(C)(C)C)CC1)n1cnc(-c2ccc(F)cc2)c1. The first-order valence-corrected chi connectivity index (χ1v) is 9.70. The molecule has 0 saturated carbocycles. The van der Waals surface area contributed by atoms with Crippen LogP contribution >= 0.6 is 0 Å². The number of hydrogen-bond donors (Lipinski definition) is 0. The lowest BCUT2D eigenvalue weighted by atomic mass is 10.2. The Morgan fingerprint density at radius 2 is 1.66 bits per heavy atom. The minimum atomic E-state index is -0.539. The molecule has 3 rings (SSSR count). The third-order valence-electron chi connectivity index (χ3n) is 4.79. The van der Waals surface area contributed by atoms with Gasteiger partial charge in [0.1, 0.15) is 17.5 Å². The monoisotopic (exact) mass is 402 g/mol. The van der Waals surface area contributed by atoms with E-state index in [2.05, 4.69) is 4.98 Å². The van der Waals surface area contributed by atoms with E-state index >= 15 is 0 Å². The quantitative estimate of drug-likeness (QED) is 0.790. The van der Waals surface area contributed by atoms with Crippen molar-refractivity contribution in [2.45, 2.75) is 39.3 Å². The lowest BCUT2D eigenvalue weighted by Gasteiger charge is -2.36. The third kappa shape index (κ3) is 5.13. The fourth-order valence-corrected chi connectivity index (χ4v) is 3.15. The molecule has 2 amide bonds. The molecule has 0 aliphatic carbocycles. The second-order valence-electron chi connectivity index (χ2n) is 8.18. The van der Waals surface area contributed by atoms with Crippen LogP contribution in [-0.2, 0) is 9.53 Å². The van der Waals surface area contributed by atoms with Crippen molar-refractivity contribution in [2.75, 3.05) is 26.2 Å². The zero-order chi connectivity index (χ0) is 21.2. The summed E-state index contributed by atoms with van der Waals surface area (Å²) >= 11 is 0. The first kappa shape index (κ1) is 20.8. The minimum absolute atomic E-state index is 0.0307. The molecule has 1 aliphatic rings. The predicted molar refractivity (Wildman–Crippen MR) is 107 cm³/mol. The van der Waals surface area contributed by atoms with E-state index in [9.17, 15) is 14.0 Å². The van der Waals surface area contributed by atoms with Crippen LogP contribution in [0.3, 0.4) is 0 Å². The zero-order valence-electron chi connectivity index (χ0n) is 17.3. The second kappa shape index (κ2) is 8.23. The standard InChI is InChI=1S/C21H27FN4O3/c1-15(26-13-18(23-14-26)16-5-7-17(22)8-6-16)19(27)24-9-11-25(12-10-24)20(28)29-21(2,3)4/h5-8,13-15H,9-12H2,1-4H3. The molecule has 0 spiro atoms. The van der Waals surface area contributed by atoms with E-state index in [1.54, 1.807) is 39.0 Å². The first-order valence-electron chi connectivity index (χ1n) is 9.70. The van der Waals surface area contributed by atoms with E-state index in [1.165, 1.54) is 12.1 Å². The van der Waals surface area contributed by atoms with Crippen LogP contribution in [0.4, 0.5) is 9.18 Å². The summed E-state index contributed by atoms with van der Waals surface area (Å²) in [6, 6.07) is 5.65. The predicted octanol–water partition coefficient (Wildman–Crippen LogP) is 3.33. The Morgan fingerprint density at radius 1 is 1.07 bits per heavy atom. The van der Waals surface area contributed by atoms with E-state index in [4.69, 9.17) is 4.74 Å². The number of rotatable bonds is 3. The Balaban J connectivity index is 1.59. The number of piperazine rings is 1. The Hall–Kier alpha value is -2.90. The summed E-state index contributed by atoms with van der Waals surface area (Å²) in [6.45, 7) is 9.12. The van der Waals surface area contributed by atoms with Crippen LogP contribution in [0.2, 0.25) is 0 Å². The van der Waals surface area contributed by atoms with Crippen molar-refractivity contribution in [3.8, 4) is 11.3 Å². The van der Waals surface area contributed by atoms with Crippen molar-refractivity contribution in [3.63, 3.8) is 0 Å². The Bertz CT molecular complexity index is 865. The maximum atomic E-state index is 13.1. The van der Waals surface area contributed by atoms with Crippen LogP contribution in [0.5, 0.6) is 0 Å². The molecule has 0 bridgehead atoms. The van der Waals surface area contributed by atoms with Crippen LogP contribution < -0.4 is 0 Å². The Kier molecular flexibility index (Phi) is 5.91. The van der Waals surface area contributed by atoms with Crippen LogP contribution in [0, 0.1) is 5.82 Å². The van der Waals surface area contributed by atoms with Gasteiger partial charge in [-0.05, 0) is 52.0 Å².